The fourth-order valence-electron chi connectivity index (χ4n) is 3.70. The van der Waals surface area contributed by atoms with Crippen LogP contribution in [0.25, 0.3) is 5.52 Å². The molecule has 4 heterocycles. The number of methoxy groups -OCH3 is 1. The molecule has 4 rings (SSSR count). The molecule has 2 aliphatic rings. The zero-order valence-electron chi connectivity index (χ0n) is 14.4. The Morgan fingerprint density at radius 1 is 1.32 bits per heavy atom. The Kier molecular flexibility index (Phi) is 4.54. The van der Waals surface area contributed by atoms with Crippen molar-refractivity contribution in [1.29, 1.82) is 0 Å². The van der Waals surface area contributed by atoms with E-state index in [1.54, 1.807) is 7.11 Å². The number of anilines is 1. The number of morpholine rings is 1. The molecule has 1 amide bonds. The smallest absolute Gasteiger partial charge is 0.249 e. The van der Waals surface area contributed by atoms with Gasteiger partial charge in [0.2, 0.25) is 5.91 Å². The molecule has 2 saturated heterocycles. The summed E-state index contributed by atoms with van der Waals surface area (Å²) in [5.41, 5.74) is 2.94. The maximum atomic E-state index is 12.3. The Balaban J connectivity index is 1.61. The fourth-order valence-corrected chi connectivity index (χ4v) is 3.70. The Bertz CT molecular complexity index is 756. The minimum absolute atomic E-state index is 0.0103. The lowest BCUT2D eigenvalue weighted by Gasteiger charge is -2.28. The van der Waals surface area contributed by atoms with E-state index in [4.69, 9.17) is 9.47 Å². The van der Waals surface area contributed by atoms with Crippen LogP contribution < -0.4 is 4.90 Å². The van der Waals surface area contributed by atoms with Gasteiger partial charge in [-0.05, 0) is 25.0 Å². The standard InChI is InChI=1S/C17H23N5O3/c1-24-12-16(23)21-6-2-3-14(21)17-15-5-4-13(11-22(15)19-18-17)20-7-9-25-10-8-20/h4-5,11,14H,2-3,6-10,12H2,1H3. The molecule has 0 bridgehead atoms. The third-order valence-electron chi connectivity index (χ3n) is 4.96. The Morgan fingerprint density at radius 2 is 2.16 bits per heavy atom. The molecule has 2 fully saturated rings. The van der Waals surface area contributed by atoms with Gasteiger partial charge in [-0.2, -0.15) is 0 Å². The molecular formula is C17H23N5O3. The van der Waals surface area contributed by atoms with E-state index >= 15 is 0 Å². The second kappa shape index (κ2) is 6.97. The zero-order valence-corrected chi connectivity index (χ0v) is 14.4. The summed E-state index contributed by atoms with van der Waals surface area (Å²) in [4.78, 5) is 16.4. The van der Waals surface area contributed by atoms with Gasteiger partial charge < -0.3 is 19.3 Å². The van der Waals surface area contributed by atoms with Crippen LogP contribution in [0.5, 0.6) is 0 Å². The number of pyridine rings is 1. The zero-order chi connectivity index (χ0) is 17.2. The average molecular weight is 345 g/mol. The molecule has 0 aliphatic carbocycles. The van der Waals surface area contributed by atoms with Crippen molar-refractivity contribution in [3.05, 3.63) is 24.0 Å². The summed E-state index contributed by atoms with van der Waals surface area (Å²) in [6.07, 6.45) is 3.90. The summed E-state index contributed by atoms with van der Waals surface area (Å²) in [6.45, 7) is 4.12. The van der Waals surface area contributed by atoms with Crippen LogP contribution in [0.1, 0.15) is 24.6 Å². The number of aromatic nitrogens is 3. The fraction of sp³-hybridized carbons (Fsp3) is 0.588. The predicted molar refractivity (Wildman–Crippen MR) is 91.6 cm³/mol. The molecule has 0 spiro atoms. The van der Waals surface area contributed by atoms with Gasteiger partial charge in [0.1, 0.15) is 12.3 Å². The Labute approximate surface area is 146 Å². The first-order valence-corrected chi connectivity index (χ1v) is 8.74. The number of likely N-dealkylation sites (tertiary alicyclic amines) is 1. The van der Waals surface area contributed by atoms with Crippen molar-refractivity contribution < 1.29 is 14.3 Å². The van der Waals surface area contributed by atoms with E-state index in [1.165, 1.54) is 0 Å². The van der Waals surface area contributed by atoms with E-state index in [0.29, 0.717) is 0 Å². The predicted octanol–water partition coefficient (Wildman–Crippen LogP) is 0.876. The Hall–Kier alpha value is -2.19. The number of hydrogen-bond donors (Lipinski definition) is 0. The van der Waals surface area contributed by atoms with Crippen LogP contribution >= 0.6 is 0 Å². The third kappa shape index (κ3) is 3.07. The topological polar surface area (TPSA) is 72.2 Å². The quantitative estimate of drug-likeness (QED) is 0.819. The van der Waals surface area contributed by atoms with Gasteiger partial charge in [-0.25, -0.2) is 4.52 Å². The lowest BCUT2D eigenvalue weighted by Crippen LogP contribution is -2.36. The van der Waals surface area contributed by atoms with Crippen LogP contribution in [0.15, 0.2) is 18.3 Å². The minimum atomic E-state index is -0.0191. The number of fused-ring (bicyclic) bond motifs is 1. The summed E-state index contributed by atoms with van der Waals surface area (Å²) < 4.78 is 12.2. The van der Waals surface area contributed by atoms with Crippen molar-refractivity contribution in [2.45, 2.75) is 18.9 Å². The SMILES string of the molecule is COCC(=O)N1CCCC1c1nnn2cc(N3CCOCC3)ccc12. The van der Waals surface area contributed by atoms with Gasteiger partial charge in [-0.3, -0.25) is 4.79 Å². The van der Waals surface area contributed by atoms with Crippen molar-refractivity contribution in [1.82, 2.24) is 19.7 Å². The molecule has 2 aromatic rings. The molecule has 0 radical (unpaired) electrons. The minimum Gasteiger partial charge on any atom is -0.378 e. The van der Waals surface area contributed by atoms with Crippen molar-refractivity contribution in [3.63, 3.8) is 0 Å². The van der Waals surface area contributed by atoms with E-state index in [2.05, 4.69) is 27.3 Å². The molecule has 1 unspecified atom stereocenters. The average Bonchev–Trinajstić information content (AvgIpc) is 3.28. The van der Waals surface area contributed by atoms with Crippen LogP contribution in [0.3, 0.4) is 0 Å². The first-order valence-electron chi connectivity index (χ1n) is 8.74. The van der Waals surface area contributed by atoms with Crippen LogP contribution in [0, 0.1) is 0 Å². The number of rotatable bonds is 4. The lowest BCUT2D eigenvalue weighted by atomic mass is 10.1. The van der Waals surface area contributed by atoms with Gasteiger partial charge in [0.15, 0.2) is 0 Å². The second-order valence-corrected chi connectivity index (χ2v) is 6.47. The van der Waals surface area contributed by atoms with Gasteiger partial charge in [-0.1, -0.05) is 5.21 Å². The molecule has 0 saturated carbocycles. The summed E-state index contributed by atoms with van der Waals surface area (Å²) in [7, 11) is 1.55. The number of carbonyl (C=O) groups excluding carboxylic acids is 1. The van der Waals surface area contributed by atoms with Gasteiger partial charge in [0.05, 0.1) is 36.7 Å². The largest absolute Gasteiger partial charge is 0.378 e. The highest BCUT2D eigenvalue weighted by Crippen LogP contribution is 2.33. The molecule has 134 valence electrons. The number of amides is 1. The number of carbonyl (C=O) groups is 1. The highest BCUT2D eigenvalue weighted by Gasteiger charge is 2.33. The normalized spacial score (nSPS) is 21.2. The maximum Gasteiger partial charge on any atom is 0.249 e. The third-order valence-corrected chi connectivity index (χ3v) is 4.96. The Morgan fingerprint density at radius 3 is 2.96 bits per heavy atom. The summed E-state index contributed by atoms with van der Waals surface area (Å²) in [5, 5.41) is 8.69. The molecule has 0 N–H and O–H groups in total. The van der Waals surface area contributed by atoms with E-state index in [0.717, 1.165) is 62.6 Å². The first kappa shape index (κ1) is 16.3. The number of hydrogen-bond acceptors (Lipinski definition) is 6. The van der Waals surface area contributed by atoms with E-state index in [9.17, 15) is 4.79 Å². The van der Waals surface area contributed by atoms with Crippen LogP contribution in [0.2, 0.25) is 0 Å². The molecule has 0 aromatic carbocycles. The number of ether oxygens (including phenoxy) is 2. The number of nitrogens with zero attached hydrogens (tertiary/aromatic N) is 5. The van der Waals surface area contributed by atoms with Gasteiger partial charge in [0.25, 0.3) is 0 Å². The molecule has 2 aromatic heterocycles. The van der Waals surface area contributed by atoms with Gasteiger partial charge in [0, 0.05) is 26.7 Å². The van der Waals surface area contributed by atoms with Crippen molar-refractivity contribution in [2.24, 2.45) is 0 Å². The highest BCUT2D eigenvalue weighted by atomic mass is 16.5. The molecule has 25 heavy (non-hydrogen) atoms. The second-order valence-electron chi connectivity index (χ2n) is 6.47. The lowest BCUT2D eigenvalue weighted by molar-refractivity contribution is -0.136. The first-order chi connectivity index (χ1) is 12.3. The van der Waals surface area contributed by atoms with Crippen LogP contribution in [0.4, 0.5) is 5.69 Å². The van der Waals surface area contributed by atoms with E-state index < -0.39 is 0 Å². The summed E-state index contributed by atoms with van der Waals surface area (Å²) in [6, 6.07) is 4.13. The molecular weight excluding hydrogens is 322 g/mol. The van der Waals surface area contributed by atoms with Gasteiger partial charge in [-0.15, -0.1) is 5.10 Å². The van der Waals surface area contributed by atoms with Crippen molar-refractivity contribution in [2.75, 3.05) is 51.5 Å². The van der Waals surface area contributed by atoms with Crippen molar-refractivity contribution in [3.8, 4) is 0 Å². The monoisotopic (exact) mass is 345 g/mol. The van der Waals surface area contributed by atoms with Crippen LogP contribution in [-0.2, 0) is 14.3 Å². The maximum absolute atomic E-state index is 12.3. The molecule has 8 heteroatoms. The van der Waals surface area contributed by atoms with Gasteiger partial charge >= 0.3 is 0 Å². The summed E-state index contributed by atoms with van der Waals surface area (Å²) in [5.74, 6) is 0.0103. The van der Waals surface area contributed by atoms with E-state index in [1.807, 2.05) is 15.6 Å². The molecule has 2 aliphatic heterocycles. The highest BCUT2D eigenvalue weighted by molar-refractivity contribution is 5.78. The molecule has 1 atom stereocenters. The van der Waals surface area contributed by atoms with Crippen LogP contribution in [-0.4, -0.2) is 72.2 Å². The molecule has 8 nitrogen and oxygen atoms in total. The van der Waals surface area contributed by atoms with E-state index in [-0.39, 0.29) is 18.6 Å². The summed E-state index contributed by atoms with van der Waals surface area (Å²) >= 11 is 0. The van der Waals surface area contributed by atoms with Crippen molar-refractivity contribution >= 4 is 17.1 Å².